The Bertz CT molecular complexity index is 307. The maximum atomic E-state index is 6.06. The van der Waals surface area contributed by atoms with Gasteiger partial charge in [0, 0.05) is 11.8 Å². The van der Waals surface area contributed by atoms with Crippen LogP contribution in [0.15, 0.2) is 24.3 Å². The predicted octanol–water partition coefficient (Wildman–Crippen LogP) is 2.48. The molecule has 0 aliphatic carbocycles. The molecule has 2 unspecified atom stereocenters. The molecular formula is C13H19NS. The van der Waals surface area contributed by atoms with E-state index in [0.29, 0.717) is 12.0 Å². The SMILES string of the molecule is CCc1ccc(CC2CSCC2N)cc1. The minimum Gasteiger partial charge on any atom is -0.327 e. The topological polar surface area (TPSA) is 26.0 Å². The van der Waals surface area contributed by atoms with Crippen molar-refractivity contribution in [2.45, 2.75) is 25.8 Å². The third-order valence-corrected chi connectivity index (χ3v) is 4.46. The van der Waals surface area contributed by atoms with Crippen LogP contribution in [0, 0.1) is 5.92 Å². The maximum Gasteiger partial charge on any atom is 0.0170 e. The third kappa shape index (κ3) is 2.76. The number of aryl methyl sites for hydroxylation is 1. The van der Waals surface area contributed by atoms with E-state index in [9.17, 15) is 0 Å². The lowest BCUT2D eigenvalue weighted by Crippen LogP contribution is -2.29. The summed E-state index contributed by atoms with van der Waals surface area (Å²) in [5.41, 5.74) is 8.92. The first-order valence-electron chi connectivity index (χ1n) is 5.70. The molecule has 1 heterocycles. The van der Waals surface area contributed by atoms with E-state index in [2.05, 4.69) is 31.2 Å². The second-order valence-corrected chi connectivity index (χ2v) is 5.41. The van der Waals surface area contributed by atoms with Gasteiger partial charge in [-0.3, -0.25) is 0 Å². The average Bonchev–Trinajstić information content (AvgIpc) is 2.66. The van der Waals surface area contributed by atoms with Gasteiger partial charge in [-0.05, 0) is 35.6 Å². The molecule has 0 aromatic heterocycles. The molecule has 1 aliphatic heterocycles. The molecule has 2 rings (SSSR count). The number of nitrogens with two attached hydrogens (primary N) is 1. The number of hydrogen-bond donors (Lipinski definition) is 1. The zero-order valence-corrected chi connectivity index (χ0v) is 10.1. The van der Waals surface area contributed by atoms with Crippen molar-refractivity contribution in [3.63, 3.8) is 0 Å². The van der Waals surface area contributed by atoms with E-state index >= 15 is 0 Å². The molecule has 1 aliphatic rings. The van der Waals surface area contributed by atoms with Gasteiger partial charge < -0.3 is 5.73 Å². The van der Waals surface area contributed by atoms with Crippen LogP contribution >= 0.6 is 11.8 Å². The van der Waals surface area contributed by atoms with Gasteiger partial charge in [0.05, 0.1) is 0 Å². The van der Waals surface area contributed by atoms with Crippen LogP contribution in [0.4, 0.5) is 0 Å². The molecule has 1 aromatic carbocycles. The molecule has 2 N–H and O–H groups in total. The molecule has 0 bridgehead atoms. The molecule has 0 amide bonds. The average molecular weight is 221 g/mol. The first kappa shape index (κ1) is 11.0. The summed E-state index contributed by atoms with van der Waals surface area (Å²) in [4.78, 5) is 0. The Kier molecular flexibility index (Phi) is 3.71. The monoisotopic (exact) mass is 221 g/mol. The van der Waals surface area contributed by atoms with E-state index < -0.39 is 0 Å². The van der Waals surface area contributed by atoms with Crippen molar-refractivity contribution >= 4 is 11.8 Å². The summed E-state index contributed by atoms with van der Waals surface area (Å²) < 4.78 is 0. The predicted molar refractivity (Wildman–Crippen MR) is 68.3 cm³/mol. The molecule has 82 valence electrons. The van der Waals surface area contributed by atoms with Crippen LogP contribution in [0.1, 0.15) is 18.1 Å². The Morgan fingerprint density at radius 3 is 2.40 bits per heavy atom. The first-order chi connectivity index (χ1) is 7.29. The van der Waals surface area contributed by atoms with Crippen LogP contribution in [0.5, 0.6) is 0 Å². The smallest absolute Gasteiger partial charge is 0.0170 e. The molecule has 2 atom stereocenters. The molecule has 0 spiro atoms. The highest BCUT2D eigenvalue weighted by Crippen LogP contribution is 2.26. The van der Waals surface area contributed by atoms with Crippen molar-refractivity contribution in [3.05, 3.63) is 35.4 Å². The van der Waals surface area contributed by atoms with Crippen LogP contribution in [0.2, 0.25) is 0 Å². The summed E-state index contributed by atoms with van der Waals surface area (Å²) in [7, 11) is 0. The Labute approximate surface area is 96.4 Å². The van der Waals surface area contributed by atoms with Gasteiger partial charge in [0.25, 0.3) is 0 Å². The summed E-state index contributed by atoms with van der Waals surface area (Å²) in [5.74, 6) is 3.05. The Hall–Kier alpha value is -0.470. The van der Waals surface area contributed by atoms with Gasteiger partial charge in [0.1, 0.15) is 0 Å². The zero-order chi connectivity index (χ0) is 10.7. The van der Waals surface area contributed by atoms with E-state index in [-0.39, 0.29) is 0 Å². The van der Waals surface area contributed by atoms with Crippen molar-refractivity contribution in [1.29, 1.82) is 0 Å². The Balaban J connectivity index is 1.98. The van der Waals surface area contributed by atoms with Gasteiger partial charge in [-0.2, -0.15) is 11.8 Å². The second kappa shape index (κ2) is 5.04. The van der Waals surface area contributed by atoms with Gasteiger partial charge in [-0.25, -0.2) is 0 Å². The van der Waals surface area contributed by atoms with Crippen molar-refractivity contribution in [1.82, 2.24) is 0 Å². The quantitative estimate of drug-likeness (QED) is 0.848. The van der Waals surface area contributed by atoms with Crippen molar-refractivity contribution in [3.8, 4) is 0 Å². The number of rotatable bonds is 3. The lowest BCUT2D eigenvalue weighted by Gasteiger charge is -2.14. The fourth-order valence-corrected chi connectivity index (χ4v) is 3.39. The molecule has 1 fully saturated rings. The molecule has 2 heteroatoms. The van der Waals surface area contributed by atoms with Gasteiger partial charge in [-0.15, -0.1) is 0 Å². The van der Waals surface area contributed by atoms with Gasteiger partial charge in [-0.1, -0.05) is 31.2 Å². The largest absolute Gasteiger partial charge is 0.327 e. The van der Waals surface area contributed by atoms with Crippen molar-refractivity contribution in [2.24, 2.45) is 11.7 Å². The Morgan fingerprint density at radius 1 is 1.20 bits per heavy atom. The summed E-state index contributed by atoms with van der Waals surface area (Å²) >= 11 is 1.99. The summed E-state index contributed by atoms with van der Waals surface area (Å²) in [5, 5.41) is 0. The van der Waals surface area contributed by atoms with E-state index in [4.69, 9.17) is 5.73 Å². The highest BCUT2D eigenvalue weighted by atomic mass is 32.2. The highest BCUT2D eigenvalue weighted by Gasteiger charge is 2.24. The fourth-order valence-electron chi connectivity index (χ4n) is 2.04. The van der Waals surface area contributed by atoms with Crippen LogP contribution in [-0.2, 0) is 12.8 Å². The van der Waals surface area contributed by atoms with Crippen LogP contribution in [0.3, 0.4) is 0 Å². The summed E-state index contributed by atoms with van der Waals surface area (Å²) in [6.07, 6.45) is 2.28. The highest BCUT2D eigenvalue weighted by molar-refractivity contribution is 7.99. The molecule has 0 saturated carbocycles. The minimum atomic E-state index is 0.404. The number of benzene rings is 1. The summed E-state index contributed by atoms with van der Waals surface area (Å²) in [6, 6.07) is 9.40. The van der Waals surface area contributed by atoms with Crippen molar-refractivity contribution in [2.75, 3.05) is 11.5 Å². The van der Waals surface area contributed by atoms with Gasteiger partial charge >= 0.3 is 0 Å². The van der Waals surface area contributed by atoms with Gasteiger partial charge in [0.15, 0.2) is 0 Å². The van der Waals surface area contributed by atoms with E-state index in [1.165, 1.54) is 16.9 Å². The first-order valence-corrected chi connectivity index (χ1v) is 6.86. The second-order valence-electron chi connectivity index (χ2n) is 4.34. The number of hydrogen-bond acceptors (Lipinski definition) is 2. The van der Waals surface area contributed by atoms with Gasteiger partial charge in [0.2, 0.25) is 0 Å². The third-order valence-electron chi connectivity index (χ3n) is 3.18. The van der Waals surface area contributed by atoms with E-state index in [0.717, 1.165) is 18.6 Å². The minimum absolute atomic E-state index is 0.404. The molecule has 1 nitrogen and oxygen atoms in total. The van der Waals surface area contributed by atoms with Crippen LogP contribution < -0.4 is 5.73 Å². The van der Waals surface area contributed by atoms with Crippen LogP contribution in [-0.4, -0.2) is 17.5 Å². The normalized spacial score (nSPS) is 25.7. The van der Waals surface area contributed by atoms with Crippen molar-refractivity contribution < 1.29 is 0 Å². The standard InChI is InChI=1S/C13H19NS/c1-2-10-3-5-11(6-4-10)7-12-8-15-9-13(12)14/h3-6,12-13H,2,7-9,14H2,1H3. The van der Waals surface area contributed by atoms with E-state index in [1.54, 1.807) is 0 Å². The fraction of sp³-hybridized carbons (Fsp3) is 0.538. The molecule has 15 heavy (non-hydrogen) atoms. The molecule has 1 saturated heterocycles. The van der Waals surface area contributed by atoms with Crippen LogP contribution in [0.25, 0.3) is 0 Å². The zero-order valence-electron chi connectivity index (χ0n) is 9.28. The summed E-state index contributed by atoms with van der Waals surface area (Å²) in [6.45, 7) is 2.19. The Morgan fingerprint density at radius 2 is 1.87 bits per heavy atom. The molecule has 1 aromatic rings. The van der Waals surface area contributed by atoms with E-state index in [1.807, 2.05) is 11.8 Å². The molecular weight excluding hydrogens is 202 g/mol. The lowest BCUT2D eigenvalue weighted by atomic mass is 9.95. The lowest BCUT2D eigenvalue weighted by molar-refractivity contribution is 0.515. The maximum absolute atomic E-state index is 6.06. The molecule has 0 radical (unpaired) electrons. The number of thioether (sulfide) groups is 1.